The number of amides is 1. The molecule has 5 nitrogen and oxygen atoms in total. The topological polar surface area (TPSA) is 58.8 Å². The molecule has 1 aliphatic heterocycles. The molecule has 32 heavy (non-hydrogen) atoms. The largest absolute Gasteiger partial charge is 0.497 e. The number of likely N-dealkylation sites (tertiary alicyclic amines) is 1. The van der Waals surface area contributed by atoms with E-state index in [1.54, 1.807) is 7.11 Å². The van der Waals surface area contributed by atoms with E-state index in [0.29, 0.717) is 18.7 Å². The number of carbonyl (C=O) groups is 1. The second-order valence-corrected chi connectivity index (χ2v) is 8.78. The quantitative estimate of drug-likeness (QED) is 0.627. The average molecular weight is 438 g/mol. The molecule has 1 aliphatic rings. The van der Waals surface area contributed by atoms with Gasteiger partial charge in [-0.05, 0) is 94.1 Å². The molecule has 1 fully saturated rings. The van der Waals surface area contributed by atoms with Crippen molar-refractivity contribution in [2.24, 2.45) is 11.7 Å². The zero-order valence-electron chi connectivity index (χ0n) is 20.1. The Hall–Kier alpha value is -2.37. The van der Waals surface area contributed by atoms with Gasteiger partial charge in [-0.3, -0.25) is 4.79 Å². The van der Waals surface area contributed by atoms with Crippen LogP contribution in [0.2, 0.25) is 0 Å². The molecule has 1 saturated heterocycles. The van der Waals surface area contributed by atoms with Crippen LogP contribution in [0.5, 0.6) is 5.75 Å². The molecule has 2 aromatic carbocycles. The summed E-state index contributed by atoms with van der Waals surface area (Å²) in [4.78, 5) is 17.5. The highest BCUT2D eigenvalue weighted by Crippen LogP contribution is 2.41. The Labute approximate surface area is 193 Å². The molecule has 0 bridgehead atoms. The summed E-state index contributed by atoms with van der Waals surface area (Å²) in [7, 11) is 1.68. The molecule has 2 N–H and O–H groups in total. The summed E-state index contributed by atoms with van der Waals surface area (Å²) in [5.41, 5.74) is 9.42. The minimum absolute atomic E-state index is 0.0580. The fourth-order valence-electron chi connectivity index (χ4n) is 5.05. The molecular weight excluding hydrogens is 398 g/mol. The SMILES string of the molecule is CCCN1CCC(C(N)(c2cccc(OC)c2)c2cccc(C(=O)N(CC)CC)c2)CC1. The highest BCUT2D eigenvalue weighted by Gasteiger charge is 2.40. The smallest absolute Gasteiger partial charge is 0.253 e. The summed E-state index contributed by atoms with van der Waals surface area (Å²) in [6.07, 6.45) is 3.23. The van der Waals surface area contributed by atoms with Crippen molar-refractivity contribution < 1.29 is 9.53 Å². The molecule has 1 amide bonds. The van der Waals surface area contributed by atoms with E-state index < -0.39 is 5.54 Å². The van der Waals surface area contributed by atoms with Gasteiger partial charge in [0.25, 0.3) is 5.91 Å². The van der Waals surface area contributed by atoms with Crippen molar-refractivity contribution in [1.29, 1.82) is 0 Å². The minimum atomic E-state index is -0.688. The van der Waals surface area contributed by atoms with Crippen molar-refractivity contribution in [3.63, 3.8) is 0 Å². The van der Waals surface area contributed by atoms with Crippen molar-refractivity contribution in [3.05, 3.63) is 65.2 Å². The third kappa shape index (κ3) is 5.00. The monoisotopic (exact) mass is 437 g/mol. The highest BCUT2D eigenvalue weighted by atomic mass is 16.5. The second kappa shape index (κ2) is 11.0. The highest BCUT2D eigenvalue weighted by molar-refractivity contribution is 5.94. The lowest BCUT2D eigenvalue weighted by Crippen LogP contribution is -2.50. The van der Waals surface area contributed by atoms with Gasteiger partial charge in [-0.2, -0.15) is 0 Å². The molecule has 0 saturated carbocycles. The van der Waals surface area contributed by atoms with Crippen molar-refractivity contribution in [1.82, 2.24) is 9.80 Å². The lowest BCUT2D eigenvalue weighted by molar-refractivity contribution is 0.0772. The fraction of sp³-hybridized carbons (Fsp3) is 0.519. The summed E-state index contributed by atoms with van der Waals surface area (Å²) < 4.78 is 5.52. The zero-order chi connectivity index (χ0) is 23.1. The third-order valence-electron chi connectivity index (χ3n) is 6.96. The summed E-state index contributed by atoms with van der Waals surface area (Å²) in [6.45, 7) is 10.9. The molecule has 0 aliphatic carbocycles. The number of rotatable bonds is 9. The van der Waals surface area contributed by atoms with Crippen LogP contribution in [0.25, 0.3) is 0 Å². The van der Waals surface area contributed by atoms with Crippen molar-refractivity contribution in [3.8, 4) is 5.75 Å². The first-order valence-electron chi connectivity index (χ1n) is 12.0. The van der Waals surface area contributed by atoms with Gasteiger partial charge in [0, 0.05) is 18.7 Å². The molecule has 1 heterocycles. The zero-order valence-corrected chi connectivity index (χ0v) is 20.1. The van der Waals surface area contributed by atoms with E-state index in [4.69, 9.17) is 10.5 Å². The molecule has 0 radical (unpaired) electrons. The van der Waals surface area contributed by atoms with E-state index in [0.717, 1.165) is 49.4 Å². The van der Waals surface area contributed by atoms with Crippen LogP contribution in [-0.2, 0) is 5.54 Å². The van der Waals surface area contributed by atoms with E-state index in [1.807, 2.05) is 49.1 Å². The average Bonchev–Trinajstić information content (AvgIpc) is 2.85. The van der Waals surface area contributed by atoms with E-state index in [1.165, 1.54) is 6.42 Å². The van der Waals surface area contributed by atoms with Gasteiger partial charge in [-0.15, -0.1) is 0 Å². The van der Waals surface area contributed by atoms with E-state index in [2.05, 4.69) is 30.0 Å². The fourth-order valence-corrected chi connectivity index (χ4v) is 5.05. The maximum absolute atomic E-state index is 13.1. The first-order chi connectivity index (χ1) is 15.5. The molecule has 2 aromatic rings. The van der Waals surface area contributed by atoms with E-state index in [9.17, 15) is 4.79 Å². The van der Waals surface area contributed by atoms with Gasteiger partial charge in [-0.1, -0.05) is 31.2 Å². The van der Waals surface area contributed by atoms with Gasteiger partial charge in [0.2, 0.25) is 0 Å². The van der Waals surface area contributed by atoms with Gasteiger partial charge in [0.1, 0.15) is 5.75 Å². The van der Waals surface area contributed by atoms with Crippen molar-refractivity contribution >= 4 is 5.91 Å². The predicted molar refractivity (Wildman–Crippen MR) is 131 cm³/mol. The lowest BCUT2D eigenvalue weighted by Gasteiger charge is -2.43. The number of hydrogen-bond donors (Lipinski definition) is 1. The predicted octanol–water partition coefficient (Wildman–Crippen LogP) is 4.50. The Morgan fingerprint density at radius 1 is 1.06 bits per heavy atom. The summed E-state index contributed by atoms with van der Waals surface area (Å²) in [5.74, 6) is 1.14. The number of piperidine rings is 1. The number of methoxy groups -OCH3 is 1. The second-order valence-electron chi connectivity index (χ2n) is 8.78. The Morgan fingerprint density at radius 2 is 1.69 bits per heavy atom. The van der Waals surface area contributed by atoms with Crippen LogP contribution in [-0.4, -0.2) is 55.5 Å². The molecule has 5 heteroatoms. The minimum Gasteiger partial charge on any atom is -0.497 e. The number of nitrogens with two attached hydrogens (primary N) is 1. The Morgan fingerprint density at radius 3 is 2.28 bits per heavy atom. The Kier molecular flexibility index (Phi) is 8.32. The van der Waals surface area contributed by atoms with Gasteiger partial charge < -0.3 is 20.3 Å². The molecule has 1 unspecified atom stereocenters. The van der Waals surface area contributed by atoms with Crippen LogP contribution in [0.1, 0.15) is 61.5 Å². The van der Waals surface area contributed by atoms with Gasteiger partial charge in [0.05, 0.1) is 12.6 Å². The molecular formula is C27H39N3O2. The normalized spacial score (nSPS) is 17.0. The van der Waals surface area contributed by atoms with Gasteiger partial charge in [0.15, 0.2) is 0 Å². The van der Waals surface area contributed by atoms with Crippen LogP contribution >= 0.6 is 0 Å². The summed E-state index contributed by atoms with van der Waals surface area (Å²) in [5, 5.41) is 0. The number of benzene rings is 2. The van der Waals surface area contributed by atoms with Crippen molar-refractivity contribution in [2.75, 3.05) is 39.8 Å². The molecule has 0 aromatic heterocycles. The lowest BCUT2D eigenvalue weighted by atomic mass is 9.69. The first-order valence-corrected chi connectivity index (χ1v) is 12.0. The number of ether oxygens (including phenoxy) is 1. The van der Waals surface area contributed by atoms with Crippen LogP contribution in [0.3, 0.4) is 0 Å². The standard InChI is InChI=1S/C27H39N3O2/c1-5-16-29-17-14-22(15-18-29)27(28,24-12-9-13-25(20-24)32-4)23-11-8-10-21(19-23)26(31)30(6-2)7-3/h8-13,19-20,22H,5-7,14-18,28H2,1-4H3. The summed E-state index contributed by atoms with van der Waals surface area (Å²) in [6, 6.07) is 16.1. The summed E-state index contributed by atoms with van der Waals surface area (Å²) >= 11 is 0. The Balaban J connectivity index is 2.03. The number of carbonyl (C=O) groups excluding carboxylic acids is 1. The molecule has 174 valence electrons. The van der Waals surface area contributed by atoms with E-state index >= 15 is 0 Å². The molecule has 3 rings (SSSR count). The first kappa shape index (κ1) is 24.3. The maximum Gasteiger partial charge on any atom is 0.253 e. The van der Waals surface area contributed by atoms with Gasteiger partial charge in [-0.25, -0.2) is 0 Å². The third-order valence-corrected chi connectivity index (χ3v) is 6.96. The maximum atomic E-state index is 13.1. The number of nitrogens with zero attached hydrogens (tertiary/aromatic N) is 2. The Bertz CT molecular complexity index is 888. The molecule has 0 spiro atoms. The van der Waals surface area contributed by atoms with Crippen LogP contribution in [0.4, 0.5) is 0 Å². The van der Waals surface area contributed by atoms with Crippen LogP contribution < -0.4 is 10.5 Å². The molecule has 1 atom stereocenters. The van der Waals surface area contributed by atoms with Crippen LogP contribution in [0, 0.1) is 5.92 Å². The van der Waals surface area contributed by atoms with E-state index in [-0.39, 0.29) is 11.8 Å². The van der Waals surface area contributed by atoms with Crippen molar-refractivity contribution in [2.45, 2.75) is 45.6 Å². The van der Waals surface area contributed by atoms with Gasteiger partial charge >= 0.3 is 0 Å². The number of hydrogen-bond acceptors (Lipinski definition) is 4. The van der Waals surface area contributed by atoms with Crippen LogP contribution in [0.15, 0.2) is 48.5 Å².